The minimum atomic E-state index is 0.139. The minimum Gasteiger partial charge on any atom is -0.378 e. The summed E-state index contributed by atoms with van der Waals surface area (Å²) in [5, 5.41) is 0. The first-order chi connectivity index (χ1) is 9.97. The van der Waals surface area contributed by atoms with Crippen LogP contribution in [0, 0.1) is 0 Å². The summed E-state index contributed by atoms with van der Waals surface area (Å²) in [6, 6.07) is 12.2. The molecule has 1 aliphatic rings. The molecule has 0 fully saturated rings. The Morgan fingerprint density at radius 2 is 1.38 bits per heavy atom. The average Bonchev–Trinajstić information content (AvgIpc) is 2.46. The van der Waals surface area contributed by atoms with Crippen molar-refractivity contribution in [3.8, 4) is 0 Å². The number of benzene rings is 2. The van der Waals surface area contributed by atoms with E-state index in [9.17, 15) is 4.79 Å². The predicted octanol–water partition coefficient (Wildman–Crippen LogP) is 2.95. The molecule has 3 rings (SSSR count). The van der Waals surface area contributed by atoms with E-state index in [1.807, 2.05) is 51.3 Å². The van der Waals surface area contributed by atoms with E-state index in [4.69, 9.17) is 0 Å². The van der Waals surface area contributed by atoms with Gasteiger partial charge in [0.1, 0.15) is 0 Å². The highest BCUT2D eigenvalue weighted by molar-refractivity contribution is 6.13. The molecule has 1 aliphatic carbocycles. The van der Waals surface area contributed by atoms with E-state index in [0.29, 0.717) is 0 Å². The minimum absolute atomic E-state index is 0.139. The maximum absolute atomic E-state index is 12.7. The molecule has 21 heavy (non-hydrogen) atoms. The van der Waals surface area contributed by atoms with Gasteiger partial charge in [0.15, 0.2) is 5.78 Å². The second kappa shape index (κ2) is 4.92. The molecule has 0 radical (unpaired) electrons. The van der Waals surface area contributed by atoms with E-state index >= 15 is 0 Å². The van der Waals surface area contributed by atoms with Gasteiger partial charge in [-0.3, -0.25) is 4.79 Å². The summed E-state index contributed by atoms with van der Waals surface area (Å²) in [4.78, 5) is 16.8. The fraction of sp³-hybridized carbons (Fsp3) is 0.278. The zero-order chi connectivity index (χ0) is 15.1. The zero-order valence-electron chi connectivity index (χ0n) is 13.0. The second-order valence-electron chi connectivity index (χ2n) is 5.98. The fourth-order valence-corrected chi connectivity index (χ4v) is 2.78. The van der Waals surface area contributed by atoms with Crippen LogP contribution in [0.1, 0.15) is 27.0 Å². The van der Waals surface area contributed by atoms with Gasteiger partial charge in [-0.05, 0) is 47.9 Å². The number of ketones is 1. The van der Waals surface area contributed by atoms with E-state index in [0.717, 1.165) is 40.0 Å². The third-order valence-corrected chi connectivity index (χ3v) is 4.09. The molecule has 0 atom stereocenters. The molecule has 3 nitrogen and oxygen atoms in total. The lowest BCUT2D eigenvalue weighted by molar-refractivity contribution is 0.103. The number of hydrogen-bond donors (Lipinski definition) is 0. The van der Waals surface area contributed by atoms with Crippen LogP contribution in [0.4, 0.5) is 11.4 Å². The molecule has 0 unspecified atom stereocenters. The summed E-state index contributed by atoms with van der Waals surface area (Å²) in [5.41, 5.74) is 6.12. The number of hydrogen-bond acceptors (Lipinski definition) is 3. The van der Waals surface area contributed by atoms with Crippen LogP contribution in [0.5, 0.6) is 0 Å². The number of fused-ring (bicyclic) bond motifs is 2. The van der Waals surface area contributed by atoms with Gasteiger partial charge in [0.2, 0.25) is 0 Å². The van der Waals surface area contributed by atoms with Crippen LogP contribution in [0.3, 0.4) is 0 Å². The van der Waals surface area contributed by atoms with E-state index in [-0.39, 0.29) is 5.78 Å². The lowest BCUT2D eigenvalue weighted by Gasteiger charge is -2.23. The fourth-order valence-electron chi connectivity index (χ4n) is 2.78. The summed E-state index contributed by atoms with van der Waals surface area (Å²) in [5.74, 6) is 0.139. The molecule has 0 aromatic heterocycles. The smallest absolute Gasteiger partial charge is 0.193 e. The number of rotatable bonds is 2. The van der Waals surface area contributed by atoms with Crippen molar-refractivity contribution in [1.29, 1.82) is 0 Å². The molecule has 0 aliphatic heterocycles. The number of carbonyl (C=O) groups is 1. The SMILES string of the molecule is CN(C)c1ccc2c(c1)Cc1ccc(N(C)C)cc1C2=O. The maximum Gasteiger partial charge on any atom is 0.193 e. The van der Waals surface area contributed by atoms with Crippen molar-refractivity contribution in [2.24, 2.45) is 0 Å². The van der Waals surface area contributed by atoms with Crippen molar-refractivity contribution in [2.75, 3.05) is 38.0 Å². The second-order valence-corrected chi connectivity index (χ2v) is 5.98. The Morgan fingerprint density at radius 3 is 2.05 bits per heavy atom. The van der Waals surface area contributed by atoms with Gasteiger partial charge < -0.3 is 9.80 Å². The highest BCUT2D eigenvalue weighted by Gasteiger charge is 2.24. The van der Waals surface area contributed by atoms with Crippen LogP contribution in [-0.4, -0.2) is 34.0 Å². The van der Waals surface area contributed by atoms with E-state index in [1.54, 1.807) is 0 Å². The summed E-state index contributed by atoms with van der Waals surface area (Å²) in [7, 11) is 8.02. The molecule has 2 aromatic carbocycles. The third kappa shape index (κ3) is 2.29. The molecular weight excluding hydrogens is 260 g/mol. The van der Waals surface area contributed by atoms with Crippen LogP contribution < -0.4 is 9.80 Å². The third-order valence-electron chi connectivity index (χ3n) is 4.09. The van der Waals surface area contributed by atoms with Crippen molar-refractivity contribution < 1.29 is 4.79 Å². The average molecular weight is 280 g/mol. The van der Waals surface area contributed by atoms with Gasteiger partial charge in [0.25, 0.3) is 0 Å². The van der Waals surface area contributed by atoms with Crippen molar-refractivity contribution in [1.82, 2.24) is 0 Å². The summed E-state index contributed by atoms with van der Waals surface area (Å²) in [6.45, 7) is 0. The molecular formula is C18H20N2O. The molecule has 0 saturated carbocycles. The van der Waals surface area contributed by atoms with Crippen LogP contribution in [0.2, 0.25) is 0 Å². The molecule has 0 spiro atoms. The van der Waals surface area contributed by atoms with E-state index < -0.39 is 0 Å². The molecule has 2 aromatic rings. The van der Waals surface area contributed by atoms with Gasteiger partial charge in [0.05, 0.1) is 0 Å². The van der Waals surface area contributed by atoms with E-state index in [1.165, 1.54) is 0 Å². The molecule has 0 heterocycles. The maximum atomic E-state index is 12.7. The first-order valence-corrected chi connectivity index (χ1v) is 7.12. The first-order valence-electron chi connectivity index (χ1n) is 7.12. The van der Waals surface area contributed by atoms with Crippen molar-refractivity contribution in [2.45, 2.75) is 6.42 Å². The number of carbonyl (C=O) groups excluding carboxylic acids is 1. The van der Waals surface area contributed by atoms with Gasteiger partial charge in [-0.15, -0.1) is 0 Å². The Labute approximate surface area is 125 Å². The lowest BCUT2D eigenvalue weighted by atomic mass is 9.84. The van der Waals surface area contributed by atoms with Gasteiger partial charge in [-0.2, -0.15) is 0 Å². The van der Waals surface area contributed by atoms with Gasteiger partial charge in [-0.1, -0.05) is 6.07 Å². The Balaban J connectivity index is 2.08. The van der Waals surface area contributed by atoms with Crippen molar-refractivity contribution >= 4 is 17.2 Å². The quantitative estimate of drug-likeness (QED) is 0.721. The van der Waals surface area contributed by atoms with Gasteiger partial charge in [-0.25, -0.2) is 0 Å². The molecule has 0 amide bonds. The molecule has 0 bridgehead atoms. The van der Waals surface area contributed by atoms with Gasteiger partial charge >= 0.3 is 0 Å². The molecule has 0 N–H and O–H groups in total. The van der Waals surface area contributed by atoms with Gasteiger partial charge in [0, 0.05) is 50.7 Å². The summed E-state index contributed by atoms with van der Waals surface area (Å²) >= 11 is 0. The summed E-state index contributed by atoms with van der Waals surface area (Å²) in [6.07, 6.45) is 0.825. The van der Waals surface area contributed by atoms with Crippen LogP contribution >= 0.6 is 0 Å². The largest absolute Gasteiger partial charge is 0.378 e. The Morgan fingerprint density at radius 1 is 0.762 bits per heavy atom. The van der Waals surface area contributed by atoms with Crippen molar-refractivity contribution in [3.63, 3.8) is 0 Å². The van der Waals surface area contributed by atoms with Crippen LogP contribution in [-0.2, 0) is 6.42 Å². The van der Waals surface area contributed by atoms with Crippen LogP contribution in [0.25, 0.3) is 0 Å². The highest BCUT2D eigenvalue weighted by atomic mass is 16.1. The normalized spacial score (nSPS) is 12.7. The Bertz CT molecular complexity index is 717. The zero-order valence-corrected chi connectivity index (χ0v) is 13.0. The highest BCUT2D eigenvalue weighted by Crippen LogP contribution is 2.31. The predicted molar refractivity (Wildman–Crippen MR) is 87.8 cm³/mol. The van der Waals surface area contributed by atoms with E-state index in [2.05, 4.69) is 23.1 Å². The van der Waals surface area contributed by atoms with Crippen LogP contribution in [0.15, 0.2) is 36.4 Å². The number of nitrogens with zero attached hydrogens (tertiary/aromatic N) is 2. The molecule has 0 saturated heterocycles. The van der Waals surface area contributed by atoms with Crippen molar-refractivity contribution in [3.05, 3.63) is 58.7 Å². The molecule has 108 valence electrons. The monoisotopic (exact) mass is 280 g/mol. The number of anilines is 2. The Hall–Kier alpha value is -2.29. The Kier molecular flexibility index (Phi) is 3.20. The summed E-state index contributed by atoms with van der Waals surface area (Å²) < 4.78 is 0. The topological polar surface area (TPSA) is 23.6 Å². The lowest BCUT2D eigenvalue weighted by Crippen LogP contribution is -2.18. The molecule has 3 heteroatoms. The standard InChI is InChI=1S/C18H20N2O/c1-19(2)14-7-8-16-13(10-14)9-12-5-6-15(20(3)4)11-17(12)18(16)21/h5-8,10-11H,9H2,1-4H3. The first kappa shape index (κ1) is 13.7.